The van der Waals surface area contributed by atoms with Crippen LogP contribution in [0.4, 0.5) is 13.2 Å². The maximum Gasteiger partial charge on any atom is 0.347 e. The third-order valence-corrected chi connectivity index (χ3v) is 1.34. The summed E-state index contributed by atoms with van der Waals surface area (Å²) in [6.45, 7) is 0. The summed E-state index contributed by atoms with van der Waals surface area (Å²) < 4.78 is 38.9. The predicted molar refractivity (Wildman–Crippen MR) is 42.2 cm³/mol. The molecule has 0 fully saturated rings. The summed E-state index contributed by atoms with van der Waals surface area (Å²) in [5.74, 6) is -1.16. The Balaban J connectivity index is 2.75. The van der Waals surface area contributed by atoms with Gasteiger partial charge >= 0.3 is 18.1 Å². The zero-order valence-electron chi connectivity index (χ0n) is 6.84. The van der Waals surface area contributed by atoms with Crippen molar-refractivity contribution in [3.8, 4) is 0 Å². The summed E-state index contributed by atoms with van der Waals surface area (Å²) in [6, 6.07) is 5.11. The minimum Gasteiger partial charge on any atom is -0.391 e. The number of ether oxygens (including phenoxy) is 1. The number of carbonyl (C=O) groups is 1. The molecule has 5 heteroatoms. The van der Waals surface area contributed by atoms with Crippen LogP contribution in [0.2, 0.25) is 0 Å². The second kappa shape index (κ2) is 4.45. The van der Waals surface area contributed by atoms with Gasteiger partial charge in [0.25, 0.3) is 0 Å². The molecule has 0 amide bonds. The van der Waals surface area contributed by atoms with E-state index in [0.717, 1.165) is 0 Å². The molecule has 0 heterocycles. The average molecular weight is 202 g/mol. The molecule has 0 spiro atoms. The molecule has 0 aliphatic rings. The lowest BCUT2D eigenvalue weighted by Crippen LogP contribution is -2.02. The van der Waals surface area contributed by atoms with E-state index in [-0.39, 0.29) is 5.56 Å². The fraction of sp³-hybridized carbons (Fsp3) is 0. The van der Waals surface area contributed by atoms with Crippen LogP contribution in [0.25, 0.3) is 0 Å². The maximum atomic E-state index is 12.1. The van der Waals surface area contributed by atoms with Crippen LogP contribution in [0, 0.1) is 0 Å². The van der Waals surface area contributed by atoms with Gasteiger partial charge in [-0.2, -0.15) is 13.2 Å². The Bertz CT molecular complexity index is 356. The fourth-order valence-electron chi connectivity index (χ4n) is 0.753. The summed E-state index contributed by atoms with van der Waals surface area (Å²) >= 11 is 0. The van der Waals surface area contributed by atoms with Crippen LogP contribution < -0.4 is 0 Å². The Labute approximate surface area is 77.6 Å². The van der Waals surface area contributed by atoms with Gasteiger partial charge in [-0.25, -0.2) is 4.79 Å². The molecule has 0 saturated carbocycles. The third-order valence-electron chi connectivity index (χ3n) is 1.34. The third kappa shape index (κ3) is 2.62. The molecule has 1 rings (SSSR count). The summed E-state index contributed by atoms with van der Waals surface area (Å²) in [5, 5.41) is 0. The van der Waals surface area contributed by atoms with Crippen LogP contribution in [-0.2, 0) is 4.74 Å². The zero-order chi connectivity index (χ0) is 10.6. The molecule has 0 radical (unpaired) electrons. The number of benzene rings is 1. The molecule has 2 nitrogen and oxygen atoms in total. The van der Waals surface area contributed by atoms with Crippen molar-refractivity contribution in [3.63, 3.8) is 0 Å². The number of hydrogen-bond donors (Lipinski definition) is 0. The average Bonchev–Trinajstić information content (AvgIpc) is 2.19. The van der Waals surface area contributed by atoms with Crippen LogP contribution in [0.1, 0.15) is 10.4 Å². The van der Waals surface area contributed by atoms with Gasteiger partial charge in [-0.05, 0) is 12.1 Å². The van der Waals surface area contributed by atoms with Crippen LogP contribution in [0.3, 0.4) is 0 Å². The lowest BCUT2D eigenvalue weighted by atomic mass is 10.2. The maximum absolute atomic E-state index is 12.1. The molecule has 0 aliphatic heterocycles. The van der Waals surface area contributed by atoms with E-state index >= 15 is 0 Å². The first-order valence-corrected chi connectivity index (χ1v) is 3.59. The van der Waals surface area contributed by atoms with E-state index in [9.17, 15) is 18.0 Å². The van der Waals surface area contributed by atoms with Crippen molar-refractivity contribution in [3.05, 3.63) is 48.0 Å². The highest BCUT2D eigenvalue weighted by molar-refractivity contribution is 5.89. The molecule has 74 valence electrons. The quantitative estimate of drug-likeness (QED) is 0.544. The smallest absolute Gasteiger partial charge is 0.347 e. The van der Waals surface area contributed by atoms with Crippen molar-refractivity contribution in [2.75, 3.05) is 0 Å². The molecule has 0 saturated heterocycles. The SMILES string of the molecule is O=C(OC(F)=C(F)F)c1ccccc1. The molecule has 0 aromatic heterocycles. The largest absolute Gasteiger partial charge is 0.391 e. The van der Waals surface area contributed by atoms with Crippen LogP contribution in [0.15, 0.2) is 42.4 Å². The molecule has 0 unspecified atom stereocenters. The summed E-state index contributed by atoms with van der Waals surface area (Å²) in [5.41, 5.74) is 0.00361. The van der Waals surface area contributed by atoms with Gasteiger partial charge < -0.3 is 4.74 Å². The Morgan fingerprint density at radius 3 is 2.14 bits per heavy atom. The van der Waals surface area contributed by atoms with E-state index in [4.69, 9.17) is 0 Å². The first kappa shape index (κ1) is 10.3. The van der Waals surface area contributed by atoms with Gasteiger partial charge in [0.15, 0.2) is 0 Å². The van der Waals surface area contributed by atoms with Gasteiger partial charge in [0.05, 0.1) is 5.56 Å². The van der Waals surface area contributed by atoms with E-state index in [2.05, 4.69) is 4.74 Å². The predicted octanol–water partition coefficient (Wildman–Crippen LogP) is 2.88. The molecule has 0 N–H and O–H groups in total. The van der Waals surface area contributed by atoms with Gasteiger partial charge in [-0.15, -0.1) is 0 Å². The fourth-order valence-corrected chi connectivity index (χ4v) is 0.753. The Morgan fingerprint density at radius 1 is 1.07 bits per heavy atom. The van der Waals surface area contributed by atoms with Crippen molar-refractivity contribution in [2.45, 2.75) is 0 Å². The molecule has 1 aromatic carbocycles. The second-order valence-electron chi connectivity index (χ2n) is 2.29. The molecule has 0 aliphatic carbocycles. The molecule has 14 heavy (non-hydrogen) atoms. The summed E-state index contributed by atoms with van der Waals surface area (Å²) in [7, 11) is 0. The lowest BCUT2D eigenvalue weighted by Gasteiger charge is -1.99. The monoisotopic (exact) mass is 202 g/mol. The van der Waals surface area contributed by atoms with Crippen LogP contribution >= 0.6 is 0 Å². The van der Waals surface area contributed by atoms with E-state index in [1.807, 2.05) is 0 Å². The van der Waals surface area contributed by atoms with Crippen LogP contribution in [-0.4, -0.2) is 5.97 Å². The van der Waals surface area contributed by atoms with E-state index in [1.54, 1.807) is 6.07 Å². The molecule has 1 aromatic rings. The Hall–Kier alpha value is -1.78. The lowest BCUT2D eigenvalue weighted by molar-refractivity contribution is 0.0502. The van der Waals surface area contributed by atoms with Gasteiger partial charge in [0.2, 0.25) is 0 Å². The molecular formula is C9H5F3O2. The van der Waals surface area contributed by atoms with E-state index in [1.165, 1.54) is 24.3 Å². The molecular weight excluding hydrogens is 197 g/mol. The van der Waals surface area contributed by atoms with Crippen molar-refractivity contribution < 1.29 is 22.7 Å². The van der Waals surface area contributed by atoms with Gasteiger partial charge in [0, 0.05) is 0 Å². The minimum atomic E-state index is -2.66. The highest BCUT2D eigenvalue weighted by Gasteiger charge is 2.13. The second-order valence-corrected chi connectivity index (χ2v) is 2.29. The summed E-state index contributed by atoms with van der Waals surface area (Å²) in [4.78, 5) is 10.9. The molecule has 0 bridgehead atoms. The first-order chi connectivity index (χ1) is 6.61. The summed E-state index contributed by atoms with van der Waals surface area (Å²) in [6.07, 6.45) is -2.66. The first-order valence-electron chi connectivity index (χ1n) is 3.59. The zero-order valence-corrected chi connectivity index (χ0v) is 6.84. The normalized spacial score (nSPS) is 9.36. The highest BCUT2D eigenvalue weighted by atomic mass is 19.3. The number of hydrogen-bond acceptors (Lipinski definition) is 2. The van der Waals surface area contributed by atoms with Crippen LogP contribution in [0.5, 0.6) is 0 Å². The number of esters is 1. The highest BCUT2D eigenvalue weighted by Crippen LogP contribution is 2.13. The number of halogens is 3. The van der Waals surface area contributed by atoms with Crippen molar-refractivity contribution in [1.82, 2.24) is 0 Å². The van der Waals surface area contributed by atoms with Crippen molar-refractivity contribution in [1.29, 1.82) is 0 Å². The van der Waals surface area contributed by atoms with E-state index in [0.29, 0.717) is 0 Å². The van der Waals surface area contributed by atoms with Gasteiger partial charge in [0.1, 0.15) is 0 Å². The topological polar surface area (TPSA) is 26.3 Å². The molecule has 0 atom stereocenters. The van der Waals surface area contributed by atoms with Gasteiger partial charge in [-0.1, -0.05) is 18.2 Å². The minimum absolute atomic E-state index is 0.00361. The number of rotatable bonds is 2. The van der Waals surface area contributed by atoms with Crippen molar-refractivity contribution >= 4 is 5.97 Å². The van der Waals surface area contributed by atoms with Crippen molar-refractivity contribution in [2.24, 2.45) is 0 Å². The standard InChI is InChI=1S/C9H5F3O2/c10-7(11)8(12)14-9(13)6-4-2-1-3-5-6/h1-5H. The Kier molecular flexibility index (Phi) is 3.28. The van der Waals surface area contributed by atoms with Gasteiger partial charge in [-0.3, -0.25) is 0 Å². The van der Waals surface area contributed by atoms with E-state index < -0.39 is 18.1 Å². The Morgan fingerprint density at radius 2 is 1.64 bits per heavy atom. The number of carbonyl (C=O) groups excluding carboxylic acids is 1.